The number of carbonyl (C=O) groups excluding carboxylic acids is 1. The monoisotopic (exact) mass is 324 g/mol. The molecule has 1 aromatic carbocycles. The third-order valence-corrected chi connectivity index (χ3v) is 4.20. The Hall–Kier alpha value is -3.16. The van der Waals surface area contributed by atoms with E-state index in [4.69, 9.17) is 0 Å². The van der Waals surface area contributed by atoms with Crippen LogP contribution >= 0.6 is 0 Å². The van der Waals surface area contributed by atoms with Crippen LogP contribution in [0.1, 0.15) is 18.1 Å². The summed E-state index contributed by atoms with van der Waals surface area (Å²) < 4.78 is 0. The molecule has 8 nitrogen and oxygen atoms in total. The number of fused-ring (bicyclic) bond motifs is 2. The first kappa shape index (κ1) is 14.4. The molecule has 3 heterocycles. The summed E-state index contributed by atoms with van der Waals surface area (Å²) in [6, 6.07) is 7.51. The van der Waals surface area contributed by atoms with E-state index in [1.165, 1.54) is 17.3 Å². The number of nitrogens with one attached hydrogen (secondary N) is 3. The highest BCUT2D eigenvalue weighted by molar-refractivity contribution is 5.84. The smallest absolute Gasteiger partial charge is 0.263 e. The molecule has 2 aromatic heterocycles. The van der Waals surface area contributed by atoms with E-state index in [-0.39, 0.29) is 17.4 Å². The van der Waals surface area contributed by atoms with Crippen molar-refractivity contribution in [1.29, 1.82) is 0 Å². The van der Waals surface area contributed by atoms with Crippen LogP contribution in [0.15, 0.2) is 35.3 Å². The van der Waals surface area contributed by atoms with E-state index >= 15 is 0 Å². The normalized spacial score (nSPS) is 14.6. The molecule has 8 heteroatoms. The van der Waals surface area contributed by atoms with Crippen molar-refractivity contribution in [2.45, 2.75) is 26.1 Å². The molecule has 1 aliphatic rings. The quantitative estimate of drug-likeness (QED) is 0.666. The minimum Gasteiger partial charge on any atom is -0.344 e. The third-order valence-electron chi connectivity index (χ3n) is 4.20. The molecule has 1 atom stereocenters. The summed E-state index contributed by atoms with van der Waals surface area (Å²) in [4.78, 5) is 33.2. The lowest BCUT2D eigenvalue weighted by atomic mass is 10.1. The van der Waals surface area contributed by atoms with Gasteiger partial charge in [-0.25, -0.2) is 0 Å². The van der Waals surface area contributed by atoms with Crippen molar-refractivity contribution in [2.75, 3.05) is 5.32 Å². The van der Waals surface area contributed by atoms with E-state index in [2.05, 4.69) is 25.5 Å². The molecular weight excluding hydrogens is 308 g/mol. The zero-order chi connectivity index (χ0) is 16.7. The van der Waals surface area contributed by atoms with Gasteiger partial charge in [0.1, 0.15) is 11.4 Å². The Bertz CT molecular complexity index is 951. The highest BCUT2D eigenvalue weighted by Gasteiger charge is 2.26. The van der Waals surface area contributed by atoms with Crippen molar-refractivity contribution in [3.05, 3.63) is 51.9 Å². The summed E-state index contributed by atoms with van der Waals surface area (Å²) in [6.45, 7) is 2.96. The van der Waals surface area contributed by atoms with Gasteiger partial charge in [0.25, 0.3) is 5.56 Å². The Labute approximate surface area is 136 Å². The first-order chi connectivity index (χ1) is 11.6. The van der Waals surface area contributed by atoms with Gasteiger partial charge in [-0.2, -0.15) is 10.1 Å². The van der Waals surface area contributed by atoms with Crippen LogP contribution in [0.4, 0.5) is 5.95 Å². The Morgan fingerprint density at radius 3 is 2.71 bits per heavy atom. The maximum Gasteiger partial charge on any atom is 0.263 e. The SMILES string of the molecule is C[C@H](Nc1nc2[nH]ncc2c(=O)[nH]1)C(=O)N1Cc2ccccc2C1. The number of amides is 1. The number of hydrogen-bond donors (Lipinski definition) is 3. The Morgan fingerprint density at radius 1 is 1.29 bits per heavy atom. The number of aromatic nitrogens is 4. The van der Waals surface area contributed by atoms with Crippen molar-refractivity contribution in [1.82, 2.24) is 25.1 Å². The first-order valence-corrected chi connectivity index (χ1v) is 7.67. The number of carbonyl (C=O) groups is 1. The van der Waals surface area contributed by atoms with Gasteiger partial charge in [-0.3, -0.25) is 19.7 Å². The van der Waals surface area contributed by atoms with Crippen LogP contribution in [0.25, 0.3) is 11.0 Å². The van der Waals surface area contributed by atoms with Gasteiger partial charge in [0.05, 0.1) is 6.20 Å². The molecule has 3 aromatic rings. The van der Waals surface area contributed by atoms with Crippen molar-refractivity contribution in [3.63, 3.8) is 0 Å². The van der Waals surface area contributed by atoms with E-state index in [0.29, 0.717) is 24.1 Å². The van der Waals surface area contributed by atoms with Crippen LogP contribution in [0.2, 0.25) is 0 Å². The van der Waals surface area contributed by atoms with Crippen LogP contribution < -0.4 is 10.9 Å². The molecule has 0 spiro atoms. The van der Waals surface area contributed by atoms with Crippen molar-refractivity contribution in [3.8, 4) is 0 Å². The number of benzene rings is 1. The van der Waals surface area contributed by atoms with E-state index in [0.717, 1.165) is 0 Å². The predicted octanol–water partition coefficient (Wildman–Crippen LogP) is 0.989. The van der Waals surface area contributed by atoms with Crippen LogP contribution in [0, 0.1) is 0 Å². The number of nitrogens with zero attached hydrogens (tertiary/aromatic N) is 3. The summed E-state index contributed by atoms with van der Waals surface area (Å²) in [5.41, 5.74) is 2.42. The van der Waals surface area contributed by atoms with Gasteiger partial charge in [0, 0.05) is 13.1 Å². The third kappa shape index (κ3) is 2.41. The summed E-state index contributed by atoms with van der Waals surface area (Å²) in [5, 5.41) is 9.79. The fourth-order valence-electron chi connectivity index (χ4n) is 2.94. The standard InChI is InChI=1S/C16H16N6O2/c1-9(15(24)22-7-10-4-2-3-5-11(10)8-22)18-16-19-13-12(6-17-21-13)14(23)20-16/h2-6,9H,7-8H2,1H3,(H3,17,18,19,20,21,23)/t9-/m0/s1. The summed E-state index contributed by atoms with van der Waals surface area (Å²) >= 11 is 0. The molecule has 0 unspecified atom stereocenters. The summed E-state index contributed by atoms with van der Waals surface area (Å²) in [5.74, 6) is 0.202. The second kappa shape index (κ2) is 5.48. The second-order valence-corrected chi connectivity index (χ2v) is 5.88. The van der Waals surface area contributed by atoms with Crippen LogP contribution in [0.5, 0.6) is 0 Å². The fraction of sp³-hybridized carbons (Fsp3) is 0.250. The van der Waals surface area contributed by atoms with Crippen molar-refractivity contribution >= 4 is 22.9 Å². The second-order valence-electron chi connectivity index (χ2n) is 5.88. The highest BCUT2D eigenvalue weighted by atomic mass is 16.2. The number of anilines is 1. The lowest BCUT2D eigenvalue weighted by Crippen LogP contribution is -2.39. The molecule has 0 aliphatic carbocycles. The van der Waals surface area contributed by atoms with E-state index in [1.807, 2.05) is 24.3 Å². The van der Waals surface area contributed by atoms with Crippen LogP contribution in [0.3, 0.4) is 0 Å². The Morgan fingerprint density at radius 2 is 2.00 bits per heavy atom. The van der Waals surface area contributed by atoms with E-state index < -0.39 is 6.04 Å². The molecular formula is C16H16N6O2. The largest absolute Gasteiger partial charge is 0.344 e. The van der Waals surface area contributed by atoms with Crippen LogP contribution in [-0.2, 0) is 17.9 Å². The minimum absolute atomic E-state index is 0.0430. The molecule has 0 bridgehead atoms. The zero-order valence-corrected chi connectivity index (χ0v) is 13.0. The summed E-state index contributed by atoms with van der Waals surface area (Å²) in [7, 11) is 0. The topological polar surface area (TPSA) is 107 Å². The molecule has 24 heavy (non-hydrogen) atoms. The van der Waals surface area contributed by atoms with Crippen molar-refractivity contribution in [2.24, 2.45) is 0 Å². The Balaban J connectivity index is 1.50. The van der Waals surface area contributed by atoms with Gasteiger partial charge in [-0.1, -0.05) is 24.3 Å². The molecule has 3 N–H and O–H groups in total. The van der Waals surface area contributed by atoms with Gasteiger partial charge >= 0.3 is 0 Å². The van der Waals surface area contributed by atoms with E-state index in [9.17, 15) is 9.59 Å². The summed E-state index contributed by atoms with van der Waals surface area (Å²) in [6.07, 6.45) is 1.42. The van der Waals surface area contributed by atoms with E-state index in [1.54, 1.807) is 11.8 Å². The average molecular weight is 324 g/mol. The number of H-pyrrole nitrogens is 2. The van der Waals surface area contributed by atoms with Crippen LogP contribution in [-0.4, -0.2) is 37.0 Å². The molecule has 122 valence electrons. The van der Waals surface area contributed by atoms with Gasteiger partial charge < -0.3 is 10.2 Å². The molecule has 1 aliphatic heterocycles. The van der Waals surface area contributed by atoms with Gasteiger partial charge in [0.15, 0.2) is 5.65 Å². The first-order valence-electron chi connectivity index (χ1n) is 7.67. The lowest BCUT2D eigenvalue weighted by Gasteiger charge is -2.21. The molecule has 0 saturated carbocycles. The number of rotatable bonds is 3. The highest BCUT2D eigenvalue weighted by Crippen LogP contribution is 2.23. The van der Waals surface area contributed by atoms with Gasteiger partial charge in [-0.15, -0.1) is 0 Å². The zero-order valence-electron chi connectivity index (χ0n) is 13.0. The van der Waals surface area contributed by atoms with Gasteiger partial charge in [-0.05, 0) is 18.1 Å². The molecule has 1 amide bonds. The molecule has 4 rings (SSSR count). The Kier molecular flexibility index (Phi) is 3.30. The fourth-order valence-corrected chi connectivity index (χ4v) is 2.94. The van der Waals surface area contributed by atoms with Gasteiger partial charge in [0.2, 0.25) is 11.9 Å². The predicted molar refractivity (Wildman–Crippen MR) is 88.3 cm³/mol. The molecule has 0 saturated heterocycles. The van der Waals surface area contributed by atoms with Crippen molar-refractivity contribution < 1.29 is 4.79 Å². The average Bonchev–Trinajstić information content (AvgIpc) is 3.20. The lowest BCUT2D eigenvalue weighted by molar-refractivity contribution is -0.132. The minimum atomic E-state index is -0.511. The molecule has 0 fully saturated rings. The molecule has 0 radical (unpaired) electrons. The maximum atomic E-state index is 12.6. The maximum absolute atomic E-state index is 12.6. The number of hydrogen-bond acceptors (Lipinski definition) is 5. The number of aromatic amines is 2.